The molecule has 0 aliphatic carbocycles. The van der Waals surface area contributed by atoms with Crippen LogP contribution in [0.4, 0.5) is 0 Å². The molecule has 13 heavy (non-hydrogen) atoms. The van der Waals surface area contributed by atoms with Crippen LogP contribution in [0.2, 0.25) is 0 Å². The van der Waals surface area contributed by atoms with Gasteiger partial charge in [0.1, 0.15) is 0 Å². The molecule has 1 heteroatoms. The van der Waals surface area contributed by atoms with Gasteiger partial charge in [0.25, 0.3) is 0 Å². The number of rotatable bonds is 1. The van der Waals surface area contributed by atoms with Gasteiger partial charge in [-0.3, -0.25) is 0 Å². The Bertz CT molecular complexity index is 251. The Hall–Kier alpha value is -0.980. The molecule has 0 amide bonds. The van der Waals surface area contributed by atoms with Gasteiger partial charge in [-0.05, 0) is 30.2 Å². The van der Waals surface area contributed by atoms with Crippen LogP contribution in [0.1, 0.15) is 27.7 Å². The normalized spacial score (nSPS) is 18.2. The molecule has 0 bridgehead atoms. The van der Waals surface area contributed by atoms with Crippen molar-refractivity contribution in [3.05, 3.63) is 36.2 Å². The predicted octanol–water partition coefficient (Wildman–Crippen LogP) is 3.32. The fraction of sp³-hybridized carbons (Fsp3) is 0.500. The Morgan fingerprint density at radius 2 is 2.08 bits per heavy atom. The van der Waals surface area contributed by atoms with Gasteiger partial charge in [0.05, 0.1) is 0 Å². The number of hydrogen-bond acceptors (Lipinski definition) is 1. The van der Waals surface area contributed by atoms with Crippen LogP contribution in [0.5, 0.6) is 0 Å². The summed E-state index contributed by atoms with van der Waals surface area (Å²) in [6.07, 6.45) is 10.8. The number of hydrogen-bond donors (Lipinski definition) is 0. The molecule has 0 aromatic carbocycles. The summed E-state index contributed by atoms with van der Waals surface area (Å²) >= 11 is 0. The zero-order valence-corrected chi connectivity index (χ0v) is 9.04. The average Bonchev–Trinajstić information content (AvgIpc) is 2.04. The monoisotopic (exact) mass is 177 g/mol. The van der Waals surface area contributed by atoms with Crippen molar-refractivity contribution >= 4 is 0 Å². The van der Waals surface area contributed by atoms with Gasteiger partial charge in [-0.25, -0.2) is 0 Å². The molecular formula is C12H19N. The summed E-state index contributed by atoms with van der Waals surface area (Å²) in [6, 6.07) is 0. The SMILES string of the molecule is C/C=C\N1C=CC(C(C)(C)C)=CC1. The topological polar surface area (TPSA) is 3.24 Å². The first kappa shape index (κ1) is 10.1. The van der Waals surface area contributed by atoms with E-state index in [0.29, 0.717) is 0 Å². The highest BCUT2D eigenvalue weighted by Crippen LogP contribution is 2.27. The zero-order chi connectivity index (χ0) is 9.90. The van der Waals surface area contributed by atoms with Crippen LogP contribution in [0.25, 0.3) is 0 Å². The second kappa shape index (κ2) is 3.82. The summed E-state index contributed by atoms with van der Waals surface area (Å²) in [5, 5.41) is 0. The summed E-state index contributed by atoms with van der Waals surface area (Å²) in [5.74, 6) is 0. The van der Waals surface area contributed by atoms with Crippen LogP contribution in [-0.2, 0) is 0 Å². The maximum atomic E-state index is 2.29. The van der Waals surface area contributed by atoms with E-state index in [0.717, 1.165) is 6.54 Å². The van der Waals surface area contributed by atoms with Crippen LogP contribution < -0.4 is 0 Å². The lowest BCUT2D eigenvalue weighted by atomic mass is 9.85. The fourth-order valence-corrected chi connectivity index (χ4v) is 1.37. The largest absolute Gasteiger partial charge is 0.351 e. The average molecular weight is 177 g/mol. The molecule has 0 fully saturated rings. The lowest BCUT2D eigenvalue weighted by Crippen LogP contribution is -2.18. The van der Waals surface area contributed by atoms with Crippen LogP contribution in [-0.4, -0.2) is 11.4 Å². The minimum Gasteiger partial charge on any atom is -0.351 e. The smallest absolute Gasteiger partial charge is 0.0406 e. The van der Waals surface area contributed by atoms with Gasteiger partial charge in [-0.15, -0.1) is 0 Å². The van der Waals surface area contributed by atoms with E-state index in [2.05, 4.69) is 56.3 Å². The van der Waals surface area contributed by atoms with Crippen molar-refractivity contribution in [2.24, 2.45) is 5.41 Å². The third kappa shape index (κ3) is 2.76. The Morgan fingerprint density at radius 1 is 1.38 bits per heavy atom. The third-order valence-electron chi connectivity index (χ3n) is 2.17. The van der Waals surface area contributed by atoms with E-state index < -0.39 is 0 Å². The molecule has 1 heterocycles. The van der Waals surface area contributed by atoms with Crippen molar-refractivity contribution < 1.29 is 0 Å². The lowest BCUT2D eigenvalue weighted by Gasteiger charge is -2.26. The molecule has 1 aliphatic heterocycles. The van der Waals surface area contributed by atoms with Crippen LogP contribution in [0.3, 0.4) is 0 Å². The highest BCUT2D eigenvalue weighted by molar-refractivity contribution is 5.28. The number of allylic oxidation sites excluding steroid dienone is 3. The fourth-order valence-electron chi connectivity index (χ4n) is 1.37. The van der Waals surface area contributed by atoms with E-state index in [1.807, 2.05) is 6.92 Å². The van der Waals surface area contributed by atoms with E-state index in [-0.39, 0.29) is 5.41 Å². The maximum absolute atomic E-state index is 2.29. The molecule has 0 atom stereocenters. The van der Waals surface area contributed by atoms with Gasteiger partial charge >= 0.3 is 0 Å². The van der Waals surface area contributed by atoms with E-state index in [4.69, 9.17) is 0 Å². The van der Waals surface area contributed by atoms with Crippen LogP contribution in [0.15, 0.2) is 36.2 Å². The Labute approximate surface area is 81.4 Å². The van der Waals surface area contributed by atoms with Gasteiger partial charge < -0.3 is 4.90 Å². The summed E-state index contributed by atoms with van der Waals surface area (Å²) in [5.41, 5.74) is 1.70. The minimum absolute atomic E-state index is 0.276. The van der Waals surface area contributed by atoms with Gasteiger partial charge in [-0.2, -0.15) is 0 Å². The highest BCUT2D eigenvalue weighted by atomic mass is 15.1. The first-order valence-corrected chi connectivity index (χ1v) is 4.81. The summed E-state index contributed by atoms with van der Waals surface area (Å²) in [7, 11) is 0. The molecule has 0 N–H and O–H groups in total. The van der Waals surface area contributed by atoms with E-state index in [9.17, 15) is 0 Å². The van der Waals surface area contributed by atoms with Gasteiger partial charge in [-0.1, -0.05) is 32.9 Å². The molecule has 1 rings (SSSR count). The summed E-state index contributed by atoms with van der Waals surface area (Å²) in [6.45, 7) is 9.77. The summed E-state index contributed by atoms with van der Waals surface area (Å²) < 4.78 is 0. The molecule has 0 saturated heterocycles. The Morgan fingerprint density at radius 3 is 2.46 bits per heavy atom. The first-order chi connectivity index (χ1) is 6.04. The van der Waals surface area contributed by atoms with Crippen LogP contribution in [0, 0.1) is 5.41 Å². The first-order valence-electron chi connectivity index (χ1n) is 4.81. The maximum Gasteiger partial charge on any atom is 0.0406 e. The molecule has 72 valence electrons. The Balaban J connectivity index is 2.65. The zero-order valence-electron chi connectivity index (χ0n) is 9.04. The molecule has 0 aromatic rings. The number of nitrogens with zero attached hydrogens (tertiary/aromatic N) is 1. The quantitative estimate of drug-likeness (QED) is 0.594. The standard InChI is InChI=1S/C12H19N/c1-5-8-13-9-6-11(7-10-13)12(2,3)4/h5-9H,10H2,1-4H3/b8-5-. The third-order valence-corrected chi connectivity index (χ3v) is 2.17. The van der Waals surface area contributed by atoms with Gasteiger partial charge in [0.2, 0.25) is 0 Å². The van der Waals surface area contributed by atoms with Crippen molar-refractivity contribution in [2.75, 3.05) is 6.54 Å². The Kier molecular flexibility index (Phi) is 2.97. The van der Waals surface area contributed by atoms with Gasteiger partial charge in [0, 0.05) is 12.7 Å². The molecule has 1 nitrogen and oxygen atoms in total. The van der Waals surface area contributed by atoms with Crippen LogP contribution >= 0.6 is 0 Å². The second-order valence-electron chi connectivity index (χ2n) is 4.40. The molecule has 0 saturated carbocycles. The van der Waals surface area contributed by atoms with Crippen molar-refractivity contribution in [2.45, 2.75) is 27.7 Å². The molecule has 1 aliphatic rings. The molecule has 0 spiro atoms. The van der Waals surface area contributed by atoms with Crippen molar-refractivity contribution in [3.63, 3.8) is 0 Å². The lowest BCUT2D eigenvalue weighted by molar-refractivity contribution is 0.487. The van der Waals surface area contributed by atoms with E-state index in [1.165, 1.54) is 5.57 Å². The molecule has 0 radical (unpaired) electrons. The summed E-state index contributed by atoms with van der Waals surface area (Å²) in [4.78, 5) is 2.18. The van der Waals surface area contributed by atoms with E-state index >= 15 is 0 Å². The molecule has 0 unspecified atom stereocenters. The predicted molar refractivity (Wildman–Crippen MR) is 58.2 cm³/mol. The molecule has 0 aromatic heterocycles. The van der Waals surface area contributed by atoms with E-state index in [1.54, 1.807) is 0 Å². The van der Waals surface area contributed by atoms with Crippen molar-refractivity contribution in [1.82, 2.24) is 4.90 Å². The highest BCUT2D eigenvalue weighted by Gasteiger charge is 2.16. The van der Waals surface area contributed by atoms with Crippen molar-refractivity contribution in [1.29, 1.82) is 0 Å². The molecular weight excluding hydrogens is 158 g/mol. The second-order valence-corrected chi connectivity index (χ2v) is 4.40. The van der Waals surface area contributed by atoms with Gasteiger partial charge in [0.15, 0.2) is 0 Å². The minimum atomic E-state index is 0.276. The van der Waals surface area contributed by atoms with Crippen molar-refractivity contribution in [3.8, 4) is 0 Å².